The third-order valence-electron chi connectivity index (χ3n) is 2.31. The van der Waals surface area contributed by atoms with Crippen LogP contribution in [0, 0.1) is 5.82 Å². The van der Waals surface area contributed by atoms with Crippen molar-refractivity contribution in [3.8, 4) is 5.69 Å². The minimum atomic E-state index is -0.241. The fraction of sp³-hybridized carbons (Fsp3) is 0.250. The van der Waals surface area contributed by atoms with Gasteiger partial charge in [-0.15, -0.1) is 0 Å². The van der Waals surface area contributed by atoms with Gasteiger partial charge in [0.15, 0.2) is 0 Å². The van der Waals surface area contributed by atoms with Crippen molar-refractivity contribution >= 4 is 15.9 Å². The van der Waals surface area contributed by atoms with E-state index in [1.807, 2.05) is 18.5 Å². The zero-order chi connectivity index (χ0) is 11.4. The Morgan fingerprint density at radius 1 is 1.38 bits per heavy atom. The van der Waals surface area contributed by atoms with E-state index in [1.165, 1.54) is 17.7 Å². The molecule has 1 aromatic heterocycles. The highest BCUT2D eigenvalue weighted by molar-refractivity contribution is 9.09. The summed E-state index contributed by atoms with van der Waals surface area (Å²) in [7, 11) is 0. The molecule has 0 bridgehead atoms. The van der Waals surface area contributed by atoms with E-state index in [9.17, 15) is 4.39 Å². The summed E-state index contributed by atoms with van der Waals surface area (Å²) in [5, 5.41) is 5.20. The minimum Gasteiger partial charge on any atom is -0.241 e. The van der Waals surface area contributed by atoms with E-state index in [4.69, 9.17) is 0 Å². The Labute approximate surface area is 102 Å². The number of halogens is 2. The average molecular weight is 283 g/mol. The Balaban J connectivity index is 2.18. The van der Waals surface area contributed by atoms with Gasteiger partial charge in [0.2, 0.25) is 0 Å². The molecular formula is C12H12BrFN2. The molecule has 0 aliphatic heterocycles. The van der Waals surface area contributed by atoms with Crippen molar-refractivity contribution in [1.29, 1.82) is 0 Å². The van der Waals surface area contributed by atoms with E-state index < -0.39 is 0 Å². The van der Waals surface area contributed by atoms with Crippen LogP contribution in [0.5, 0.6) is 0 Å². The summed E-state index contributed by atoms with van der Waals surface area (Å²) in [4.78, 5) is 0. The topological polar surface area (TPSA) is 17.8 Å². The molecule has 0 aliphatic carbocycles. The number of aryl methyl sites for hydroxylation is 1. The van der Waals surface area contributed by atoms with Gasteiger partial charge in [-0.2, -0.15) is 5.10 Å². The first-order valence-electron chi connectivity index (χ1n) is 5.15. The molecule has 0 N–H and O–H groups in total. The molecule has 2 nitrogen and oxygen atoms in total. The Kier molecular flexibility index (Phi) is 3.72. The number of nitrogens with zero attached hydrogens (tertiary/aromatic N) is 2. The van der Waals surface area contributed by atoms with Gasteiger partial charge in [-0.25, -0.2) is 9.07 Å². The quantitative estimate of drug-likeness (QED) is 0.787. The van der Waals surface area contributed by atoms with E-state index in [2.05, 4.69) is 21.0 Å². The molecule has 0 spiro atoms. The smallest absolute Gasteiger partial charge is 0.125 e. The summed E-state index contributed by atoms with van der Waals surface area (Å²) >= 11 is 3.39. The van der Waals surface area contributed by atoms with Gasteiger partial charge in [0.25, 0.3) is 0 Å². The molecule has 84 valence electrons. The summed E-state index contributed by atoms with van der Waals surface area (Å²) in [5.41, 5.74) is 1.92. The van der Waals surface area contributed by atoms with Gasteiger partial charge in [0, 0.05) is 11.5 Å². The van der Waals surface area contributed by atoms with Gasteiger partial charge in [-0.3, -0.25) is 0 Å². The normalized spacial score (nSPS) is 10.6. The maximum absolute atomic E-state index is 13.0. The number of benzene rings is 1. The molecule has 16 heavy (non-hydrogen) atoms. The second kappa shape index (κ2) is 5.25. The predicted molar refractivity (Wildman–Crippen MR) is 65.6 cm³/mol. The van der Waals surface area contributed by atoms with Crippen molar-refractivity contribution in [2.24, 2.45) is 0 Å². The van der Waals surface area contributed by atoms with E-state index in [0.29, 0.717) is 0 Å². The highest BCUT2D eigenvalue weighted by atomic mass is 79.9. The third kappa shape index (κ3) is 2.70. The maximum atomic E-state index is 13.0. The molecule has 0 atom stereocenters. The third-order valence-corrected chi connectivity index (χ3v) is 2.87. The Morgan fingerprint density at radius 2 is 2.25 bits per heavy atom. The van der Waals surface area contributed by atoms with Crippen LogP contribution >= 0.6 is 15.9 Å². The summed E-state index contributed by atoms with van der Waals surface area (Å²) in [6.07, 6.45) is 5.83. The molecule has 2 aromatic rings. The van der Waals surface area contributed by atoms with Crippen LogP contribution in [0.1, 0.15) is 12.0 Å². The van der Waals surface area contributed by atoms with E-state index in [0.717, 1.165) is 23.9 Å². The van der Waals surface area contributed by atoms with Gasteiger partial charge in [-0.05, 0) is 36.6 Å². The van der Waals surface area contributed by atoms with Crippen LogP contribution in [0.15, 0.2) is 36.7 Å². The van der Waals surface area contributed by atoms with Crippen LogP contribution in [0.2, 0.25) is 0 Å². The van der Waals surface area contributed by atoms with E-state index in [1.54, 1.807) is 10.7 Å². The molecule has 0 unspecified atom stereocenters. The Bertz CT molecular complexity index is 468. The van der Waals surface area contributed by atoms with Crippen molar-refractivity contribution in [2.75, 3.05) is 5.33 Å². The largest absolute Gasteiger partial charge is 0.241 e. The number of aromatic nitrogens is 2. The van der Waals surface area contributed by atoms with Gasteiger partial charge in [0.05, 0.1) is 11.9 Å². The lowest BCUT2D eigenvalue weighted by molar-refractivity contribution is 0.625. The molecule has 0 aliphatic rings. The van der Waals surface area contributed by atoms with Crippen LogP contribution < -0.4 is 0 Å². The van der Waals surface area contributed by atoms with Gasteiger partial charge in [0.1, 0.15) is 5.82 Å². The molecule has 1 aromatic carbocycles. The fourth-order valence-electron chi connectivity index (χ4n) is 1.52. The SMILES string of the molecule is Fc1cccc(-n2cc(CCCBr)cn2)c1. The summed E-state index contributed by atoms with van der Waals surface area (Å²) in [5.74, 6) is -0.241. The van der Waals surface area contributed by atoms with Crippen LogP contribution in [0.4, 0.5) is 4.39 Å². The maximum Gasteiger partial charge on any atom is 0.125 e. The molecule has 0 saturated carbocycles. The molecule has 4 heteroatoms. The van der Waals surface area contributed by atoms with Gasteiger partial charge < -0.3 is 0 Å². The number of alkyl halides is 1. The fourth-order valence-corrected chi connectivity index (χ4v) is 1.80. The molecule has 0 saturated heterocycles. The van der Waals surface area contributed by atoms with Crippen molar-refractivity contribution in [2.45, 2.75) is 12.8 Å². The first kappa shape index (κ1) is 11.3. The lowest BCUT2D eigenvalue weighted by atomic mass is 10.2. The molecular weight excluding hydrogens is 271 g/mol. The van der Waals surface area contributed by atoms with Crippen LogP contribution in [-0.2, 0) is 6.42 Å². The van der Waals surface area contributed by atoms with Crippen LogP contribution in [-0.4, -0.2) is 15.1 Å². The number of hydrogen-bond donors (Lipinski definition) is 0. The first-order chi connectivity index (χ1) is 7.79. The zero-order valence-electron chi connectivity index (χ0n) is 8.74. The van der Waals surface area contributed by atoms with Crippen LogP contribution in [0.3, 0.4) is 0 Å². The lowest BCUT2D eigenvalue weighted by Gasteiger charge is -2.00. The summed E-state index contributed by atoms with van der Waals surface area (Å²) < 4.78 is 14.7. The van der Waals surface area contributed by atoms with Gasteiger partial charge >= 0.3 is 0 Å². The molecule has 1 heterocycles. The van der Waals surface area contributed by atoms with Crippen molar-refractivity contribution in [3.05, 3.63) is 48.0 Å². The molecule has 2 rings (SSSR count). The zero-order valence-corrected chi connectivity index (χ0v) is 10.3. The highest BCUT2D eigenvalue weighted by Gasteiger charge is 2.01. The average Bonchev–Trinajstić information content (AvgIpc) is 2.75. The first-order valence-corrected chi connectivity index (χ1v) is 6.27. The molecule has 0 amide bonds. The van der Waals surface area contributed by atoms with E-state index in [-0.39, 0.29) is 5.82 Å². The number of rotatable bonds is 4. The number of hydrogen-bond acceptors (Lipinski definition) is 1. The monoisotopic (exact) mass is 282 g/mol. The summed E-state index contributed by atoms with van der Waals surface area (Å²) in [6.45, 7) is 0. The second-order valence-electron chi connectivity index (χ2n) is 3.57. The molecule has 0 radical (unpaired) electrons. The van der Waals surface area contributed by atoms with E-state index >= 15 is 0 Å². The lowest BCUT2D eigenvalue weighted by Crippen LogP contribution is -1.94. The Hall–Kier alpha value is -1.16. The van der Waals surface area contributed by atoms with Gasteiger partial charge in [-0.1, -0.05) is 22.0 Å². The molecule has 0 fully saturated rings. The Morgan fingerprint density at radius 3 is 3.00 bits per heavy atom. The summed E-state index contributed by atoms with van der Waals surface area (Å²) in [6, 6.07) is 6.43. The van der Waals surface area contributed by atoms with Crippen LogP contribution in [0.25, 0.3) is 5.69 Å². The standard InChI is InChI=1S/C12H12BrFN2/c13-6-2-3-10-8-15-16(9-10)12-5-1-4-11(14)7-12/h1,4-5,7-9H,2-3,6H2. The second-order valence-corrected chi connectivity index (χ2v) is 4.36. The highest BCUT2D eigenvalue weighted by Crippen LogP contribution is 2.11. The predicted octanol–water partition coefficient (Wildman–Crippen LogP) is 3.34. The van der Waals surface area contributed by atoms with Crippen molar-refractivity contribution in [1.82, 2.24) is 9.78 Å². The van der Waals surface area contributed by atoms with Crippen molar-refractivity contribution in [3.63, 3.8) is 0 Å². The van der Waals surface area contributed by atoms with Crippen molar-refractivity contribution < 1.29 is 4.39 Å². The minimum absolute atomic E-state index is 0.241.